The van der Waals surface area contributed by atoms with Crippen LogP contribution in [0, 0.1) is 17.3 Å². The Bertz CT molecular complexity index is 1110. The molecule has 2 fully saturated rings. The van der Waals surface area contributed by atoms with E-state index in [-0.39, 0.29) is 36.8 Å². The summed E-state index contributed by atoms with van der Waals surface area (Å²) in [6.45, 7) is 14.2. The number of amides is 3. The summed E-state index contributed by atoms with van der Waals surface area (Å²) in [5.41, 5.74) is -2.02. The summed E-state index contributed by atoms with van der Waals surface area (Å²) in [6, 6.07) is -1.67. The first kappa shape index (κ1) is 31.2. The molecule has 0 bridgehead atoms. The van der Waals surface area contributed by atoms with E-state index < -0.39 is 59.1 Å². The van der Waals surface area contributed by atoms with Gasteiger partial charge in [-0.05, 0) is 45.4 Å². The molecular formula is C31H47N3O7. The second-order valence-corrected chi connectivity index (χ2v) is 13.8. The Morgan fingerprint density at radius 2 is 1.83 bits per heavy atom. The van der Waals surface area contributed by atoms with E-state index in [2.05, 4.69) is 26.1 Å². The molecule has 0 aromatic heterocycles. The molecule has 2 saturated heterocycles. The number of cyclic esters (lactones) is 1. The molecule has 0 aliphatic carbocycles. The summed E-state index contributed by atoms with van der Waals surface area (Å²) in [4.78, 5) is 58.2. The lowest BCUT2D eigenvalue weighted by molar-refractivity contribution is -0.160. The highest BCUT2D eigenvalue weighted by atomic mass is 16.6. The van der Waals surface area contributed by atoms with Gasteiger partial charge in [0.15, 0.2) is 0 Å². The fraction of sp³-hybridized carbons (Fsp3) is 0.742. The highest BCUT2D eigenvalue weighted by Crippen LogP contribution is 2.54. The van der Waals surface area contributed by atoms with Gasteiger partial charge >= 0.3 is 5.97 Å². The largest absolute Gasteiger partial charge is 0.460 e. The number of aliphatic hydroxyl groups is 1. The minimum absolute atomic E-state index is 0.0620. The number of esters is 1. The molecular weight excluding hydrogens is 526 g/mol. The number of rotatable bonds is 5. The molecule has 0 radical (unpaired) electrons. The van der Waals surface area contributed by atoms with E-state index in [0.29, 0.717) is 19.4 Å². The van der Waals surface area contributed by atoms with Crippen LogP contribution in [0.3, 0.4) is 0 Å². The van der Waals surface area contributed by atoms with Crippen LogP contribution in [0.2, 0.25) is 0 Å². The second kappa shape index (κ2) is 11.5. The average Bonchev–Trinajstić information content (AvgIpc) is 3.25. The number of carbonyl (C=O) groups is 4. The molecule has 0 aromatic rings. The van der Waals surface area contributed by atoms with Gasteiger partial charge in [0.1, 0.15) is 23.7 Å². The number of likely N-dealkylation sites (tertiary alicyclic amines) is 1. The third-order valence-electron chi connectivity index (χ3n) is 8.74. The smallest absolute Gasteiger partial charge is 0.313 e. The number of allylic oxidation sites excluding steroid dienone is 1. The van der Waals surface area contributed by atoms with Crippen molar-refractivity contribution in [2.24, 2.45) is 17.3 Å². The molecule has 4 aliphatic heterocycles. The predicted octanol–water partition coefficient (Wildman–Crippen LogP) is 2.35. The Kier molecular flexibility index (Phi) is 8.77. The average molecular weight is 574 g/mol. The Hall–Kier alpha value is -2.72. The van der Waals surface area contributed by atoms with Gasteiger partial charge in [-0.15, -0.1) is 0 Å². The molecule has 2 N–H and O–H groups in total. The van der Waals surface area contributed by atoms with Crippen molar-refractivity contribution in [2.75, 3.05) is 19.7 Å². The van der Waals surface area contributed by atoms with Crippen molar-refractivity contribution in [3.05, 3.63) is 24.3 Å². The quantitative estimate of drug-likeness (QED) is 0.382. The monoisotopic (exact) mass is 573 g/mol. The molecule has 4 aliphatic rings. The SMILES string of the molecule is CC[C@@H](CO)N1C(=O)[C@@H]2[C@H]3C(=O)O[C@H](C)CNC(=O)CC/C=C\[C@H]3O[C@@]23C=CCN(C(C)(C)CC(C)(C)C)C(=O)[C@@H]13. The first-order chi connectivity index (χ1) is 19.2. The Labute approximate surface area is 243 Å². The van der Waals surface area contributed by atoms with E-state index in [9.17, 15) is 24.3 Å². The summed E-state index contributed by atoms with van der Waals surface area (Å²) in [7, 11) is 0. The van der Waals surface area contributed by atoms with E-state index in [1.165, 1.54) is 4.90 Å². The van der Waals surface area contributed by atoms with Crippen LogP contribution in [-0.4, -0.2) is 93.7 Å². The maximum Gasteiger partial charge on any atom is 0.313 e. The highest BCUT2D eigenvalue weighted by Gasteiger charge is 2.72. The van der Waals surface area contributed by atoms with Crippen molar-refractivity contribution in [3.8, 4) is 0 Å². The third-order valence-corrected chi connectivity index (χ3v) is 8.74. The molecule has 0 aromatic carbocycles. The normalized spacial score (nSPS) is 34.5. The van der Waals surface area contributed by atoms with Crippen molar-refractivity contribution in [1.29, 1.82) is 0 Å². The number of hydrogen-bond donors (Lipinski definition) is 2. The number of aliphatic hydroxyl groups excluding tert-OH is 1. The van der Waals surface area contributed by atoms with Crippen LogP contribution in [0.15, 0.2) is 24.3 Å². The molecule has 10 nitrogen and oxygen atoms in total. The van der Waals surface area contributed by atoms with Gasteiger partial charge in [-0.2, -0.15) is 0 Å². The summed E-state index contributed by atoms with van der Waals surface area (Å²) < 4.78 is 12.5. The lowest BCUT2D eigenvalue weighted by Crippen LogP contribution is -2.61. The van der Waals surface area contributed by atoms with Crippen LogP contribution in [-0.2, 0) is 28.7 Å². The van der Waals surface area contributed by atoms with E-state index in [4.69, 9.17) is 9.47 Å². The van der Waals surface area contributed by atoms with Gasteiger partial charge in [-0.1, -0.05) is 52.0 Å². The number of nitrogens with one attached hydrogen (secondary N) is 1. The van der Waals surface area contributed by atoms with E-state index >= 15 is 0 Å². The van der Waals surface area contributed by atoms with Gasteiger partial charge in [-0.25, -0.2) is 0 Å². The molecule has 3 amide bonds. The first-order valence-electron chi connectivity index (χ1n) is 14.9. The zero-order chi connectivity index (χ0) is 30.3. The lowest BCUT2D eigenvalue weighted by Gasteiger charge is -2.45. The molecule has 0 saturated carbocycles. The number of hydrogen-bond acceptors (Lipinski definition) is 7. The van der Waals surface area contributed by atoms with Gasteiger partial charge < -0.3 is 29.7 Å². The first-order valence-corrected chi connectivity index (χ1v) is 14.9. The molecule has 1 spiro atoms. The van der Waals surface area contributed by atoms with Crippen LogP contribution in [0.5, 0.6) is 0 Å². The summed E-state index contributed by atoms with van der Waals surface area (Å²) in [6.07, 6.45) is 7.61. The van der Waals surface area contributed by atoms with E-state index in [1.807, 2.05) is 31.7 Å². The minimum atomic E-state index is -1.42. The topological polar surface area (TPSA) is 125 Å². The van der Waals surface area contributed by atoms with Gasteiger partial charge in [0.05, 0.1) is 31.2 Å². The van der Waals surface area contributed by atoms with Gasteiger partial charge in [-0.3, -0.25) is 19.2 Å². The van der Waals surface area contributed by atoms with Crippen LogP contribution in [0.25, 0.3) is 0 Å². The summed E-state index contributed by atoms with van der Waals surface area (Å²) in [5, 5.41) is 13.1. The van der Waals surface area contributed by atoms with Crippen LogP contribution in [0.4, 0.5) is 0 Å². The predicted molar refractivity (Wildman–Crippen MR) is 152 cm³/mol. The maximum absolute atomic E-state index is 14.7. The Morgan fingerprint density at radius 3 is 2.46 bits per heavy atom. The number of fused-ring (bicyclic) bond motifs is 2. The lowest BCUT2D eigenvalue weighted by atomic mass is 9.77. The summed E-state index contributed by atoms with van der Waals surface area (Å²) in [5.74, 6) is -3.41. The van der Waals surface area contributed by atoms with E-state index in [0.717, 1.165) is 6.42 Å². The zero-order valence-corrected chi connectivity index (χ0v) is 25.5. The molecule has 4 heterocycles. The second-order valence-electron chi connectivity index (χ2n) is 13.8. The number of ether oxygens (including phenoxy) is 2. The van der Waals surface area contributed by atoms with Crippen molar-refractivity contribution in [3.63, 3.8) is 0 Å². The van der Waals surface area contributed by atoms with Crippen molar-refractivity contribution >= 4 is 23.7 Å². The van der Waals surface area contributed by atoms with Crippen molar-refractivity contribution < 1.29 is 33.8 Å². The summed E-state index contributed by atoms with van der Waals surface area (Å²) >= 11 is 0. The molecule has 41 heavy (non-hydrogen) atoms. The fourth-order valence-electron chi connectivity index (χ4n) is 7.35. The highest BCUT2D eigenvalue weighted by molar-refractivity contribution is 5.99. The molecule has 7 atom stereocenters. The standard InChI is InChI=1S/C31H47N3O7/c1-8-20(17-35)34-25-27(38)33(30(6,7)18-29(3,4)5)15-11-14-31(25)24(26(34)37)23-21(41-31)12-9-10-13-22(36)32-16-19(2)40-28(23)39/h9,11-12,14,19-21,23-25,35H,8,10,13,15-18H2,1-7H3,(H,32,36)/b12-9-/t19-,20+,21-,23+,24+,25-,31+/m1/s1. The van der Waals surface area contributed by atoms with Crippen LogP contribution in [0.1, 0.15) is 74.1 Å². The van der Waals surface area contributed by atoms with Gasteiger partial charge in [0, 0.05) is 18.5 Å². The molecule has 4 rings (SSSR count). The van der Waals surface area contributed by atoms with E-state index in [1.54, 1.807) is 25.2 Å². The third kappa shape index (κ3) is 5.82. The maximum atomic E-state index is 14.7. The van der Waals surface area contributed by atoms with Crippen LogP contribution >= 0.6 is 0 Å². The minimum Gasteiger partial charge on any atom is -0.460 e. The van der Waals surface area contributed by atoms with Crippen molar-refractivity contribution in [2.45, 2.75) is 110 Å². The van der Waals surface area contributed by atoms with Gasteiger partial charge in [0.25, 0.3) is 0 Å². The van der Waals surface area contributed by atoms with Crippen LogP contribution < -0.4 is 5.32 Å². The number of nitrogens with zero attached hydrogens (tertiary/aromatic N) is 2. The molecule has 0 unspecified atom stereocenters. The van der Waals surface area contributed by atoms with Crippen molar-refractivity contribution in [1.82, 2.24) is 15.1 Å². The zero-order valence-electron chi connectivity index (χ0n) is 25.5. The molecule has 228 valence electrons. The fourth-order valence-corrected chi connectivity index (χ4v) is 7.35. The Balaban J connectivity index is 1.83. The molecule has 10 heteroatoms. The Morgan fingerprint density at radius 1 is 1.12 bits per heavy atom. The van der Waals surface area contributed by atoms with Gasteiger partial charge in [0.2, 0.25) is 17.7 Å². The number of carbonyl (C=O) groups excluding carboxylic acids is 4.